The molecule has 0 spiro atoms. The summed E-state index contributed by atoms with van der Waals surface area (Å²) in [6.07, 6.45) is -4.44. The number of nitriles is 1. The van der Waals surface area contributed by atoms with Crippen LogP contribution in [0.5, 0.6) is 0 Å². The van der Waals surface area contributed by atoms with E-state index in [1.54, 1.807) is 0 Å². The van der Waals surface area contributed by atoms with Crippen LogP contribution in [0.2, 0.25) is 0 Å². The summed E-state index contributed by atoms with van der Waals surface area (Å²) in [5, 5.41) is 10.7. The van der Waals surface area contributed by atoms with E-state index in [0.717, 1.165) is 0 Å². The average molecular weight is 257 g/mol. The molecule has 1 amide bonds. The Morgan fingerprint density at radius 2 is 2.17 bits per heavy atom. The third-order valence-electron chi connectivity index (χ3n) is 2.14. The van der Waals surface area contributed by atoms with Crippen LogP contribution >= 0.6 is 0 Å². The summed E-state index contributed by atoms with van der Waals surface area (Å²) in [5.41, 5.74) is 5.51. The number of carbonyl (C=O) groups is 1. The first kappa shape index (κ1) is 14.0. The van der Waals surface area contributed by atoms with Crippen molar-refractivity contribution in [1.82, 2.24) is 5.32 Å². The highest BCUT2D eigenvalue weighted by Crippen LogP contribution is 2.18. The lowest BCUT2D eigenvalue weighted by atomic mass is 10.0. The number of nitrogens with zero attached hydrogens (tertiary/aromatic N) is 1. The van der Waals surface area contributed by atoms with E-state index < -0.39 is 24.7 Å². The zero-order valence-corrected chi connectivity index (χ0v) is 9.16. The van der Waals surface area contributed by atoms with Gasteiger partial charge in [0.05, 0.1) is 18.2 Å². The van der Waals surface area contributed by atoms with E-state index in [1.807, 2.05) is 11.4 Å². The van der Waals surface area contributed by atoms with Gasteiger partial charge in [-0.25, -0.2) is 0 Å². The molecule has 0 heterocycles. The van der Waals surface area contributed by atoms with Crippen molar-refractivity contribution < 1.29 is 18.0 Å². The molecule has 3 N–H and O–H groups in total. The lowest BCUT2D eigenvalue weighted by Crippen LogP contribution is -2.39. The highest BCUT2D eigenvalue weighted by atomic mass is 19.4. The van der Waals surface area contributed by atoms with Crippen molar-refractivity contribution in [2.45, 2.75) is 12.2 Å². The summed E-state index contributed by atoms with van der Waals surface area (Å²) in [5.74, 6) is -0.936. The zero-order chi connectivity index (χ0) is 13.8. The number of carbonyl (C=O) groups excluding carboxylic acids is 1. The lowest BCUT2D eigenvalue weighted by molar-refractivity contribution is -0.130. The number of primary amides is 1. The van der Waals surface area contributed by atoms with E-state index in [0.29, 0.717) is 0 Å². The summed E-state index contributed by atoms with van der Waals surface area (Å²) >= 11 is 0. The van der Waals surface area contributed by atoms with Crippen molar-refractivity contribution in [2.75, 3.05) is 6.54 Å². The van der Waals surface area contributed by atoms with Crippen LogP contribution in [0.15, 0.2) is 24.3 Å². The fourth-order valence-corrected chi connectivity index (χ4v) is 1.39. The number of amides is 1. The number of nitrogens with one attached hydrogen (secondary N) is 1. The molecule has 18 heavy (non-hydrogen) atoms. The van der Waals surface area contributed by atoms with Crippen LogP contribution in [-0.2, 0) is 4.79 Å². The molecule has 1 unspecified atom stereocenters. The highest BCUT2D eigenvalue weighted by Gasteiger charge is 2.30. The molecule has 0 aliphatic rings. The van der Waals surface area contributed by atoms with E-state index >= 15 is 0 Å². The first-order valence-corrected chi connectivity index (χ1v) is 4.93. The zero-order valence-electron chi connectivity index (χ0n) is 9.16. The second kappa shape index (κ2) is 5.51. The number of halogens is 3. The van der Waals surface area contributed by atoms with Gasteiger partial charge < -0.3 is 5.73 Å². The highest BCUT2D eigenvalue weighted by molar-refractivity contribution is 5.81. The monoisotopic (exact) mass is 257 g/mol. The molecule has 0 bridgehead atoms. The van der Waals surface area contributed by atoms with E-state index in [1.165, 1.54) is 24.3 Å². The maximum Gasteiger partial charge on any atom is 0.401 e. The summed E-state index contributed by atoms with van der Waals surface area (Å²) in [6.45, 7) is -1.34. The van der Waals surface area contributed by atoms with Gasteiger partial charge >= 0.3 is 6.18 Å². The Morgan fingerprint density at radius 3 is 2.67 bits per heavy atom. The molecular weight excluding hydrogens is 247 g/mol. The van der Waals surface area contributed by atoms with Gasteiger partial charge in [0.15, 0.2) is 0 Å². The lowest BCUT2D eigenvalue weighted by Gasteiger charge is -2.17. The molecule has 0 saturated heterocycles. The molecule has 4 nitrogen and oxygen atoms in total. The second-order valence-electron chi connectivity index (χ2n) is 3.57. The number of rotatable bonds is 4. The molecule has 0 saturated carbocycles. The predicted molar refractivity (Wildman–Crippen MR) is 57.2 cm³/mol. The number of alkyl halides is 3. The largest absolute Gasteiger partial charge is 0.401 e. The van der Waals surface area contributed by atoms with Crippen LogP contribution < -0.4 is 11.1 Å². The molecule has 0 aliphatic heterocycles. The minimum atomic E-state index is -4.44. The Hall–Kier alpha value is -2.07. The molecule has 0 fully saturated rings. The van der Waals surface area contributed by atoms with Crippen LogP contribution in [-0.4, -0.2) is 18.6 Å². The van der Waals surface area contributed by atoms with Gasteiger partial charge in [0.25, 0.3) is 0 Å². The third kappa shape index (κ3) is 4.07. The van der Waals surface area contributed by atoms with Crippen LogP contribution in [0, 0.1) is 11.3 Å². The van der Waals surface area contributed by atoms with Gasteiger partial charge in [-0.3, -0.25) is 10.1 Å². The maximum atomic E-state index is 12.1. The third-order valence-corrected chi connectivity index (χ3v) is 2.14. The van der Waals surface area contributed by atoms with Crippen LogP contribution in [0.1, 0.15) is 17.2 Å². The first-order valence-electron chi connectivity index (χ1n) is 4.93. The van der Waals surface area contributed by atoms with E-state index in [9.17, 15) is 18.0 Å². The molecule has 1 aromatic rings. The maximum absolute atomic E-state index is 12.1. The van der Waals surface area contributed by atoms with Gasteiger partial charge in [-0.1, -0.05) is 12.1 Å². The molecule has 1 aromatic carbocycles. The number of benzene rings is 1. The Morgan fingerprint density at radius 1 is 1.50 bits per heavy atom. The Kier molecular flexibility index (Phi) is 4.28. The Bertz CT molecular complexity index is 479. The van der Waals surface area contributed by atoms with Crippen molar-refractivity contribution in [2.24, 2.45) is 5.73 Å². The topological polar surface area (TPSA) is 78.9 Å². The second-order valence-corrected chi connectivity index (χ2v) is 3.57. The van der Waals surface area contributed by atoms with Crippen molar-refractivity contribution in [3.63, 3.8) is 0 Å². The van der Waals surface area contributed by atoms with Gasteiger partial charge in [-0.05, 0) is 17.7 Å². The predicted octanol–water partition coefficient (Wildman–Crippen LogP) is 1.24. The van der Waals surface area contributed by atoms with Gasteiger partial charge in [0, 0.05) is 0 Å². The molecule has 96 valence electrons. The molecule has 0 aromatic heterocycles. The van der Waals surface area contributed by atoms with Crippen LogP contribution in [0.25, 0.3) is 0 Å². The molecule has 1 atom stereocenters. The van der Waals surface area contributed by atoms with Gasteiger partial charge in [0.2, 0.25) is 5.91 Å². The summed E-state index contributed by atoms with van der Waals surface area (Å²) < 4.78 is 36.2. The van der Waals surface area contributed by atoms with Crippen molar-refractivity contribution in [1.29, 1.82) is 5.26 Å². The summed E-state index contributed by atoms with van der Waals surface area (Å²) in [7, 11) is 0. The Balaban J connectivity index is 2.91. The molecule has 0 radical (unpaired) electrons. The van der Waals surface area contributed by atoms with Crippen LogP contribution in [0.3, 0.4) is 0 Å². The number of hydrogen-bond donors (Lipinski definition) is 2. The minimum absolute atomic E-state index is 0.228. The average Bonchev–Trinajstić information content (AvgIpc) is 2.27. The smallest absolute Gasteiger partial charge is 0.368 e. The van der Waals surface area contributed by atoms with E-state index in [2.05, 4.69) is 0 Å². The fraction of sp³-hybridized carbons (Fsp3) is 0.273. The van der Waals surface area contributed by atoms with Gasteiger partial charge in [0.1, 0.15) is 6.04 Å². The molecule has 7 heteroatoms. The SMILES string of the molecule is N#Cc1cccc(C(NCC(F)(F)F)C(N)=O)c1. The summed E-state index contributed by atoms with van der Waals surface area (Å²) in [4.78, 5) is 11.1. The van der Waals surface area contributed by atoms with Crippen molar-refractivity contribution in [3.05, 3.63) is 35.4 Å². The number of nitrogens with two attached hydrogens (primary N) is 1. The van der Waals surface area contributed by atoms with Gasteiger partial charge in [-0.2, -0.15) is 18.4 Å². The molecular formula is C11H10F3N3O. The fourth-order valence-electron chi connectivity index (χ4n) is 1.39. The first-order chi connectivity index (χ1) is 8.33. The Labute approximate surface area is 101 Å². The summed E-state index contributed by atoms with van der Waals surface area (Å²) in [6, 6.07) is 6.25. The molecule has 0 aliphatic carbocycles. The number of hydrogen-bond acceptors (Lipinski definition) is 3. The van der Waals surface area contributed by atoms with Crippen molar-refractivity contribution in [3.8, 4) is 6.07 Å². The van der Waals surface area contributed by atoms with Gasteiger partial charge in [-0.15, -0.1) is 0 Å². The van der Waals surface area contributed by atoms with Crippen LogP contribution in [0.4, 0.5) is 13.2 Å². The molecule has 1 rings (SSSR count). The standard InChI is InChI=1S/C11H10F3N3O/c12-11(13,14)6-17-9(10(16)18)8-3-1-2-7(4-8)5-15/h1-4,9,17H,6H2,(H2,16,18). The van der Waals surface area contributed by atoms with E-state index in [4.69, 9.17) is 11.0 Å². The van der Waals surface area contributed by atoms with Crippen molar-refractivity contribution >= 4 is 5.91 Å². The minimum Gasteiger partial charge on any atom is -0.368 e. The quantitative estimate of drug-likeness (QED) is 0.851. The normalized spacial score (nSPS) is 12.8. The van der Waals surface area contributed by atoms with E-state index in [-0.39, 0.29) is 11.1 Å².